The number of hydrogen-bond donors (Lipinski definition) is 0. The molecule has 3 atom stereocenters. The van der Waals surface area contributed by atoms with Crippen LogP contribution in [0, 0.1) is 35.1 Å². The van der Waals surface area contributed by atoms with Crippen molar-refractivity contribution in [2.24, 2.45) is 11.8 Å². The van der Waals surface area contributed by atoms with Crippen LogP contribution in [0.25, 0.3) is 5.83 Å². The summed E-state index contributed by atoms with van der Waals surface area (Å²) in [7, 11) is -14.4. The molecule has 0 aliphatic heterocycles. The van der Waals surface area contributed by atoms with Crippen LogP contribution in [0.4, 0.5) is 57.1 Å². The lowest BCUT2D eigenvalue weighted by atomic mass is 9.54. The molecular formula is C23H15F13O4S2. The lowest BCUT2D eigenvalue weighted by Gasteiger charge is -2.58. The molecule has 6 rings (SSSR count). The van der Waals surface area contributed by atoms with Gasteiger partial charge in [-0.05, 0) is 43.9 Å². The average Bonchev–Trinajstić information content (AvgIpc) is 2.83. The third-order valence-corrected chi connectivity index (χ3v) is 13.6. The molecule has 4 bridgehead atoms. The van der Waals surface area contributed by atoms with E-state index in [2.05, 4.69) is 0 Å². The number of benzene rings is 1. The molecule has 42 heavy (non-hydrogen) atoms. The molecule has 234 valence electrons. The van der Waals surface area contributed by atoms with Gasteiger partial charge in [-0.25, -0.2) is 52.0 Å². The molecule has 4 fully saturated rings. The van der Waals surface area contributed by atoms with Gasteiger partial charge in [0.1, 0.15) is 5.67 Å². The monoisotopic (exact) mass is 666 g/mol. The summed E-state index contributed by atoms with van der Waals surface area (Å²) < 4.78 is 234. The van der Waals surface area contributed by atoms with Crippen molar-refractivity contribution in [2.45, 2.75) is 66.5 Å². The van der Waals surface area contributed by atoms with Crippen molar-refractivity contribution in [2.75, 3.05) is 0 Å². The summed E-state index contributed by atoms with van der Waals surface area (Å²) in [4.78, 5) is 0. The molecule has 1 aromatic rings. The number of allylic oxidation sites excluding steroid dienone is 2. The van der Waals surface area contributed by atoms with Crippen molar-refractivity contribution in [1.29, 1.82) is 0 Å². The Hall–Kier alpha value is -2.31. The van der Waals surface area contributed by atoms with Gasteiger partial charge in [0.25, 0.3) is 9.84 Å². The van der Waals surface area contributed by atoms with Gasteiger partial charge in [0.15, 0.2) is 55.2 Å². The van der Waals surface area contributed by atoms with Crippen LogP contribution in [-0.4, -0.2) is 38.7 Å². The molecule has 4 nitrogen and oxygen atoms in total. The van der Waals surface area contributed by atoms with Crippen molar-refractivity contribution in [3.05, 3.63) is 50.0 Å². The number of alkyl halides is 7. The second-order valence-electron chi connectivity index (χ2n) is 11.1. The Morgan fingerprint density at radius 1 is 0.738 bits per heavy atom. The fraction of sp³-hybridized carbons (Fsp3) is 0.565. The van der Waals surface area contributed by atoms with Gasteiger partial charge in [0.2, 0.25) is 0 Å². The molecule has 0 aromatic heterocycles. The standard InChI is InChI=1S/C23H15F13O4S2/c24-12-9-10(15(27)18(30)17(29)14(9)26)13(25)16(28)11(12)19(42(39,40)23(35,36)22(32,33)34)41(37,38)21-4-7-1-8(5-21)3-20(31,2-7)6-21/h7-8,12H,1-6H2/b19-11-. The van der Waals surface area contributed by atoms with Crippen molar-refractivity contribution >= 4 is 25.5 Å². The highest BCUT2D eigenvalue weighted by Crippen LogP contribution is 2.64. The van der Waals surface area contributed by atoms with Crippen LogP contribution in [0.1, 0.15) is 55.8 Å². The fourth-order valence-electron chi connectivity index (χ4n) is 7.06. The minimum atomic E-state index is -7.92. The maximum absolute atomic E-state index is 15.7. The van der Waals surface area contributed by atoms with Crippen LogP contribution in [0.5, 0.6) is 0 Å². The van der Waals surface area contributed by atoms with E-state index >= 15 is 13.2 Å². The third kappa shape index (κ3) is 3.86. The molecule has 0 N–H and O–H groups in total. The van der Waals surface area contributed by atoms with Crippen molar-refractivity contribution < 1.29 is 73.9 Å². The SMILES string of the molecule is O=S(=O)(/C(=C1/C(F)=C(F)c2c(F)c(F)c(F)c(F)c2C1F)S(=O)(=O)C(F)(F)C(F)(F)F)C12CC3CC(CC(F)(C3)C1)C2. The van der Waals surface area contributed by atoms with Crippen molar-refractivity contribution in [3.8, 4) is 0 Å². The Balaban J connectivity index is 1.92. The van der Waals surface area contributed by atoms with Crippen LogP contribution >= 0.6 is 0 Å². The van der Waals surface area contributed by atoms with Crippen LogP contribution in [0.3, 0.4) is 0 Å². The highest BCUT2D eigenvalue weighted by Gasteiger charge is 2.73. The minimum Gasteiger partial charge on any atom is -0.244 e. The predicted octanol–water partition coefficient (Wildman–Crippen LogP) is 7.13. The quantitative estimate of drug-likeness (QED) is 0.195. The Bertz CT molecular complexity index is 1680. The molecule has 5 aliphatic rings. The zero-order chi connectivity index (χ0) is 31.7. The van der Waals surface area contributed by atoms with Crippen molar-refractivity contribution in [3.63, 3.8) is 0 Å². The second-order valence-corrected chi connectivity index (χ2v) is 15.5. The molecule has 0 spiro atoms. The van der Waals surface area contributed by atoms with Crippen LogP contribution in [0.2, 0.25) is 0 Å². The highest BCUT2D eigenvalue weighted by atomic mass is 32.3. The Labute approximate surface area is 228 Å². The topological polar surface area (TPSA) is 68.3 Å². The number of rotatable bonds is 4. The van der Waals surface area contributed by atoms with E-state index in [0.717, 1.165) is 0 Å². The van der Waals surface area contributed by atoms with Gasteiger partial charge in [-0.1, -0.05) is 0 Å². The maximum atomic E-state index is 15.7. The summed E-state index contributed by atoms with van der Waals surface area (Å²) in [6.45, 7) is 0. The average molecular weight is 666 g/mol. The number of hydrogen-bond acceptors (Lipinski definition) is 4. The van der Waals surface area contributed by atoms with E-state index in [1.165, 1.54) is 0 Å². The Morgan fingerprint density at radius 3 is 1.71 bits per heavy atom. The first kappa shape index (κ1) is 31.1. The number of halogens is 13. The van der Waals surface area contributed by atoms with E-state index in [1.54, 1.807) is 0 Å². The second kappa shape index (κ2) is 8.88. The van der Waals surface area contributed by atoms with Crippen LogP contribution in [0.15, 0.2) is 15.6 Å². The first-order chi connectivity index (χ1) is 18.9. The lowest BCUT2D eigenvalue weighted by Crippen LogP contribution is -2.61. The minimum absolute atomic E-state index is 0.137. The molecule has 0 saturated heterocycles. The first-order valence-corrected chi connectivity index (χ1v) is 14.8. The maximum Gasteiger partial charge on any atom is 0.469 e. The Morgan fingerprint density at radius 2 is 1.24 bits per heavy atom. The van der Waals surface area contributed by atoms with Crippen LogP contribution < -0.4 is 0 Å². The van der Waals surface area contributed by atoms with Gasteiger partial charge in [-0.15, -0.1) is 0 Å². The molecule has 0 heterocycles. The van der Waals surface area contributed by atoms with Crippen molar-refractivity contribution in [1.82, 2.24) is 0 Å². The molecular weight excluding hydrogens is 651 g/mol. The van der Waals surface area contributed by atoms with E-state index in [1.807, 2.05) is 0 Å². The summed E-state index contributed by atoms with van der Waals surface area (Å²) in [6.07, 6.45) is -14.7. The molecule has 0 radical (unpaired) electrons. The van der Waals surface area contributed by atoms with E-state index in [-0.39, 0.29) is 19.3 Å². The highest BCUT2D eigenvalue weighted by molar-refractivity contribution is 8.15. The Kier molecular flexibility index (Phi) is 6.58. The van der Waals surface area contributed by atoms with E-state index in [9.17, 15) is 60.7 Å². The van der Waals surface area contributed by atoms with Gasteiger partial charge < -0.3 is 0 Å². The smallest absolute Gasteiger partial charge is 0.244 e. The summed E-state index contributed by atoms with van der Waals surface area (Å²) in [5.74, 6) is -19.5. The number of fused-ring (bicyclic) bond motifs is 1. The van der Waals surface area contributed by atoms with E-state index in [0.29, 0.717) is 0 Å². The van der Waals surface area contributed by atoms with Gasteiger partial charge in [-0.2, -0.15) is 22.0 Å². The van der Waals surface area contributed by atoms with E-state index in [4.69, 9.17) is 0 Å². The van der Waals surface area contributed by atoms with E-state index < -0.39 is 135 Å². The molecule has 19 heteroatoms. The van der Waals surface area contributed by atoms with Gasteiger partial charge in [0, 0.05) is 12.0 Å². The summed E-state index contributed by atoms with van der Waals surface area (Å²) in [5.41, 5.74) is -10.2. The normalized spacial score (nSPS) is 32.8. The van der Waals surface area contributed by atoms with Gasteiger partial charge in [-0.3, -0.25) is 0 Å². The summed E-state index contributed by atoms with van der Waals surface area (Å²) in [5, 5.41) is -7.15. The molecule has 3 unspecified atom stereocenters. The fourth-order valence-corrected chi connectivity index (χ4v) is 12.3. The predicted molar refractivity (Wildman–Crippen MR) is 116 cm³/mol. The third-order valence-electron chi connectivity index (χ3n) is 8.34. The van der Waals surface area contributed by atoms with Gasteiger partial charge >= 0.3 is 11.4 Å². The zero-order valence-electron chi connectivity index (χ0n) is 20.3. The summed E-state index contributed by atoms with van der Waals surface area (Å²) in [6, 6.07) is 0. The van der Waals surface area contributed by atoms with Crippen LogP contribution in [-0.2, 0) is 19.7 Å². The summed E-state index contributed by atoms with van der Waals surface area (Å²) >= 11 is 0. The molecule has 5 aliphatic carbocycles. The molecule has 1 aromatic carbocycles. The first-order valence-electron chi connectivity index (χ1n) is 11.9. The largest absolute Gasteiger partial charge is 0.469 e. The lowest BCUT2D eigenvalue weighted by molar-refractivity contribution is -0.241. The van der Waals surface area contributed by atoms with Gasteiger partial charge in [0.05, 0.1) is 15.9 Å². The molecule has 4 saturated carbocycles. The molecule has 0 amide bonds. The zero-order valence-corrected chi connectivity index (χ0v) is 22.0. The number of sulfone groups is 2.